The Balaban J connectivity index is 1.85. The van der Waals surface area contributed by atoms with Gasteiger partial charge < -0.3 is 9.32 Å². The average molecular weight is 413 g/mol. The van der Waals surface area contributed by atoms with Crippen LogP contribution in [-0.2, 0) is 27.9 Å². The second kappa shape index (κ2) is 8.91. The molecule has 8 heteroatoms. The van der Waals surface area contributed by atoms with E-state index in [1.54, 1.807) is 36.5 Å². The molecule has 2 aromatic heterocycles. The maximum absolute atomic E-state index is 13.1. The minimum atomic E-state index is -3.65. The monoisotopic (exact) mass is 413 g/mol. The molecule has 3 aromatic rings. The Morgan fingerprint density at radius 3 is 2.38 bits per heavy atom. The Labute approximate surface area is 170 Å². The van der Waals surface area contributed by atoms with Gasteiger partial charge in [-0.2, -0.15) is 0 Å². The molecule has 0 N–H and O–H groups in total. The number of carbonyl (C=O) groups excluding carboxylic acids is 1. The van der Waals surface area contributed by atoms with Crippen molar-refractivity contribution in [1.82, 2.24) is 9.88 Å². The second-order valence-corrected chi connectivity index (χ2v) is 8.66. The molecule has 0 aliphatic rings. The third-order valence-electron chi connectivity index (χ3n) is 4.36. The molecule has 152 valence electrons. The van der Waals surface area contributed by atoms with Gasteiger partial charge in [0.05, 0.1) is 37.0 Å². The number of nitrogens with zero attached hydrogens (tertiary/aromatic N) is 3. The molecule has 0 radical (unpaired) electrons. The van der Waals surface area contributed by atoms with E-state index >= 15 is 0 Å². The third-order valence-corrected chi connectivity index (χ3v) is 5.50. The minimum absolute atomic E-state index is 0.216. The second-order valence-electron chi connectivity index (χ2n) is 6.76. The molecule has 0 aliphatic carbocycles. The zero-order valence-electron chi connectivity index (χ0n) is 16.4. The van der Waals surface area contributed by atoms with Gasteiger partial charge in [-0.3, -0.25) is 14.1 Å². The molecule has 2 heterocycles. The van der Waals surface area contributed by atoms with Crippen molar-refractivity contribution < 1.29 is 17.6 Å². The Hall–Kier alpha value is -3.13. The Morgan fingerprint density at radius 1 is 1.03 bits per heavy atom. The van der Waals surface area contributed by atoms with E-state index in [9.17, 15) is 13.2 Å². The number of pyridine rings is 1. The number of rotatable bonds is 8. The van der Waals surface area contributed by atoms with Gasteiger partial charge in [0.15, 0.2) is 0 Å². The molecule has 0 aliphatic heterocycles. The maximum Gasteiger partial charge on any atom is 0.244 e. The van der Waals surface area contributed by atoms with Crippen molar-refractivity contribution in [2.45, 2.75) is 20.0 Å². The molecule has 29 heavy (non-hydrogen) atoms. The first-order valence-corrected chi connectivity index (χ1v) is 10.9. The molecule has 0 atom stereocenters. The summed E-state index contributed by atoms with van der Waals surface area (Å²) in [7, 11) is -3.65. The molecule has 7 nitrogen and oxygen atoms in total. The number of hydrogen-bond acceptors (Lipinski definition) is 5. The van der Waals surface area contributed by atoms with Crippen molar-refractivity contribution in [3.63, 3.8) is 0 Å². The van der Waals surface area contributed by atoms with Crippen molar-refractivity contribution >= 4 is 21.6 Å². The van der Waals surface area contributed by atoms with Crippen LogP contribution in [0.1, 0.15) is 17.0 Å². The van der Waals surface area contributed by atoms with Gasteiger partial charge in [0.2, 0.25) is 15.9 Å². The van der Waals surface area contributed by atoms with Gasteiger partial charge in [0.1, 0.15) is 12.3 Å². The van der Waals surface area contributed by atoms with Crippen LogP contribution < -0.4 is 4.31 Å². The number of furan rings is 1. The summed E-state index contributed by atoms with van der Waals surface area (Å²) in [6.07, 6.45) is 4.28. The molecule has 1 amide bonds. The molecular formula is C21H23N3O4S. The van der Waals surface area contributed by atoms with E-state index in [1.165, 1.54) is 11.2 Å². The van der Waals surface area contributed by atoms with Crippen molar-refractivity contribution in [1.29, 1.82) is 0 Å². The summed E-state index contributed by atoms with van der Waals surface area (Å²) in [6, 6.07) is 16.0. The number of benzene rings is 1. The number of carbonyl (C=O) groups is 1. The lowest BCUT2D eigenvalue weighted by Crippen LogP contribution is -2.42. The fourth-order valence-corrected chi connectivity index (χ4v) is 3.69. The predicted octanol–water partition coefficient (Wildman–Crippen LogP) is 2.98. The van der Waals surface area contributed by atoms with E-state index in [1.807, 2.05) is 31.2 Å². The summed E-state index contributed by atoms with van der Waals surface area (Å²) in [5, 5.41) is 0. The molecule has 0 saturated carbocycles. The van der Waals surface area contributed by atoms with E-state index in [4.69, 9.17) is 4.42 Å². The smallest absolute Gasteiger partial charge is 0.244 e. The highest BCUT2D eigenvalue weighted by molar-refractivity contribution is 7.92. The number of amides is 1. The molecule has 0 unspecified atom stereocenters. The lowest BCUT2D eigenvalue weighted by molar-refractivity contribution is -0.131. The van der Waals surface area contributed by atoms with Gasteiger partial charge >= 0.3 is 0 Å². The van der Waals surface area contributed by atoms with Crippen LogP contribution in [0.3, 0.4) is 0 Å². The first kappa shape index (κ1) is 20.6. The summed E-state index contributed by atoms with van der Waals surface area (Å²) >= 11 is 0. The van der Waals surface area contributed by atoms with E-state index < -0.39 is 10.0 Å². The maximum atomic E-state index is 13.1. The highest BCUT2D eigenvalue weighted by atomic mass is 32.2. The zero-order valence-corrected chi connectivity index (χ0v) is 17.2. The van der Waals surface area contributed by atoms with Gasteiger partial charge in [0.25, 0.3) is 0 Å². The summed E-state index contributed by atoms with van der Waals surface area (Å²) < 4.78 is 31.2. The Kier molecular flexibility index (Phi) is 6.33. The lowest BCUT2D eigenvalue weighted by Gasteiger charge is -2.27. The highest BCUT2D eigenvalue weighted by Gasteiger charge is 2.25. The molecule has 0 bridgehead atoms. The van der Waals surface area contributed by atoms with Crippen molar-refractivity contribution in [3.8, 4) is 0 Å². The molecular weight excluding hydrogens is 390 g/mol. The summed E-state index contributed by atoms with van der Waals surface area (Å²) in [5.74, 6) is 0.258. The van der Waals surface area contributed by atoms with E-state index in [-0.39, 0.29) is 25.5 Å². The first-order valence-electron chi connectivity index (χ1n) is 9.07. The van der Waals surface area contributed by atoms with Crippen LogP contribution in [0, 0.1) is 6.92 Å². The van der Waals surface area contributed by atoms with Crippen molar-refractivity contribution in [2.24, 2.45) is 0 Å². The van der Waals surface area contributed by atoms with Crippen LogP contribution in [-0.4, -0.2) is 37.0 Å². The number of aryl methyl sites for hydroxylation is 1. The molecule has 0 fully saturated rings. The van der Waals surface area contributed by atoms with Gasteiger partial charge in [-0.05, 0) is 43.3 Å². The SMILES string of the molecule is Cc1ccc(N(CC(=O)N(Cc2ccccn2)Cc2ccco2)S(C)(=O)=O)cc1. The van der Waals surface area contributed by atoms with Crippen molar-refractivity contribution in [3.05, 3.63) is 84.1 Å². The van der Waals surface area contributed by atoms with Gasteiger partial charge in [0, 0.05) is 6.20 Å². The van der Waals surface area contributed by atoms with E-state index in [2.05, 4.69) is 4.98 Å². The predicted molar refractivity (Wildman–Crippen MR) is 111 cm³/mol. The van der Waals surface area contributed by atoms with Gasteiger partial charge in [-0.15, -0.1) is 0 Å². The average Bonchev–Trinajstić information content (AvgIpc) is 3.19. The zero-order chi connectivity index (χ0) is 20.9. The molecule has 0 saturated heterocycles. The standard InChI is InChI=1S/C21H23N3O4S/c1-17-8-10-19(11-9-17)24(29(2,26)27)16-21(25)23(15-20-7-5-13-28-20)14-18-6-3-4-12-22-18/h3-13H,14-16H2,1-2H3. The van der Waals surface area contributed by atoms with E-state index in [0.29, 0.717) is 17.1 Å². The van der Waals surface area contributed by atoms with E-state index in [0.717, 1.165) is 16.1 Å². The Bertz CT molecular complexity index is 1030. The highest BCUT2D eigenvalue weighted by Crippen LogP contribution is 2.19. The van der Waals surface area contributed by atoms with Crippen LogP contribution in [0.25, 0.3) is 0 Å². The van der Waals surface area contributed by atoms with Crippen LogP contribution in [0.2, 0.25) is 0 Å². The van der Waals surface area contributed by atoms with Crippen LogP contribution in [0.5, 0.6) is 0 Å². The number of anilines is 1. The lowest BCUT2D eigenvalue weighted by atomic mass is 10.2. The summed E-state index contributed by atoms with van der Waals surface area (Å²) in [5.41, 5.74) is 2.15. The first-order chi connectivity index (χ1) is 13.8. The molecule has 3 rings (SSSR count). The molecule has 1 aromatic carbocycles. The quantitative estimate of drug-likeness (QED) is 0.567. The Morgan fingerprint density at radius 2 is 1.79 bits per heavy atom. The van der Waals surface area contributed by atoms with Gasteiger partial charge in [-0.1, -0.05) is 23.8 Å². The fourth-order valence-electron chi connectivity index (χ4n) is 2.84. The van der Waals surface area contributed by atoms with Crippen LogP contribution in [0.15, 0.2) is 71.5 Å². The fraction of sp³-hybridized carbons (Fsp3) is 0.238. The number of hydrogen-bond donors (Lipinski definition) is 0. The van der Waals surface area contributed by atoms with Crippen LogP contribution in [0.4, 0.5) is 5.69 Å². The minimum Gasteiger partial charge on any atom is -0.467 e. The summed E-state index contributed by atoms with van der Waals surface area (Å²) in [4.78, 5) is 18.9. The largest absolute Gasteiger partial charge is 0.467 e. The normalized spacial score (nSPS) is 11.2. The molecule has 0 spiro atoms. The number of sulfonamides is 1. The topological polar surface area (TPSA) is 83.7 Å². The third kappa shape index (κ3) is 5.68. The van der Waals surface area contributed by atoms with Crippen LogP contribution >= 0.6 is 0 Å². The number of aromatic nitrogens is 1. The van der Waals surface area contributed by atoms with Crippen molar-refractivity contribution in [2.75, 3.05) is 17.1 Å². The van der Waals surface area contributed by atoms with Gasteiger partial charge in [-0.25, -0.2) is 8.42 Å². The summed E-state index contributed by atoms with van der Waals surface area (Å²) in [6.45, 7) is 2.06.